The van der Waals surface area contributed by atoms with Crippen LogP contribution in [0.2, 0.25) is 0 Å². The van der Waals surface area contributed by atoms with Crippen molar-refractivity contribution in [2.24, 2.45) is 7.05 Å². The number of hydrogen-bond acceptors (Lipinski definition) is 3. The van der Waals surface area contributed by atoms with Crippen LogP contribution in [-0.4, -0.2) is 33.2 Å². The number of rotatable bonds is 5. The molecule has 4 heteroatoms. The Morgan fingerprint density at radius 1 is 1.41 bits per heavy atom. The summed E-state index contributed by atoms with van der Waals surface area (Å²) in [6.45, 7) is 7.66. The zero-order valence-electron chi connectivity index (χ0n) is 11.7. The Hall–Kier alpha value is -0.870. The number of aromatic nitrogens is 2. The van der Waals surface area contributed by atoms with Gasteiger partial charge in [0.2, 0.25) is 0 Å². The van der Waals surface area contributed by atoms with E-state index in [0.29, 0.717) is 6.42 Å². The summed E-state index contributed by atoms with van der Waals surface area (Å²) >= 11 is 0. The first-order valence-electron chi connectivity index (χ1n) is 6.03. The Labute approximate surface area is 104 Å². The largest absolute Gasteiger partial charge is 0.387 e. The molecular weight excluding hydrogens is 216 g/mol. The number of aryl methyl sites for hydroxylation is 2. The Kier molecular flexibility index (Phi) is 3.99. The minimum atomic E-state index is -0.930. The van der Waals surface area contributed by atoms with Crippen LogP contribution in [0.15, 0.2) is 6.07 Å². The second-order valence-corrected chi connectivity index (χ2v) is 5.27. The van der Waals surface area contributed by atoms with Gasteiger partial charge in [-0.15, -0.1) is 0 Å². The number of ether oxygens (including phenoxy) is 1. The lowest BCUT2D eigenvalue weighted by molar-refractivity contribution is -0.140. The molecule has 4 nitrogen and oxygen atoms in total. The van der Waals surface area contributed by atoms with Crippen LogP contribution in [0.5, 0.6) is 0 Å². The van der Waals surface area contributed by atoms with Crippen molar-refractivity contribution >= 4 is 0 Å². The molecule has 0 bridgehead atoms. The number of aliphatic hydroxyl groups is 1. The maximum Gasteiger partial charge on any atom is 0.0957 e. The third-order valence-corrected chi connectivity index (χ3v) is 3.72. The topological polar surface area (TPSA) is 47.3 Å². The molecule has 1 atom stereocenters. The third-order valence-electron chi connectivity index (χ3n) is 3.72. The van der Waals surface area contributed by atoms with E-state index in [1.807, 2.05) is 31.6 Å². The molecule has 0 saturated carbocycles. The van der Waals surface area contributed by atoms with Crippen LogP contribution in [0.1, 0.15) is 39.1 Å². The monoisotopic (exact) mass is 240 g/mol. The second kappa shape index (κ2) is 4.78. The van der Waals surface area contributed by atoms with Gasteiger partial charge >= 0.3 is 0 Å². The first kappa shape index (κ1) is 14.2. The molecule has 17 heavy (non-hydrogen) atoms. The molecule has 0 aliphatic heterocycles. The molecule has 0 aromatic carbocycles. The molecule has 0 aliphatic carbocycles. The highest BCUT2D eigenvalue weighted by Crippen LogP contribution is 2.28. The highest BCUT2D eigenvalue weighted by atomic mass is 16.5. The average Bonchev–Trinajstić information content (AvgIpc) is 2.58. The highest BCUT2D eigenvalue weighted by molar-refractivity contribution is 5.14. The van der Waals surface area contributed by atoms with Crippen molar-refractivity contribution in [3.63, 3.8) is 0 Å². The van der Waals surface area contributed by atoms with E-state index in [-0.39, 0.29) is 0 Å². The molecule has 0 fully saturated rings. The molecule has 1 N–H and O–H groups in total. The van der Waals surface area contributed by atoms with Crippen molar-refractivity contribution in [2.45, 2.75) is 51.7 Å². The average molecular weight is 240 g/mol. The van der Waals surface area contributed by atoms with E-state index < -0.39 is 11.2 Å². The summed E-state index contributed by atoms with van der Waals surface area (Å²) < 4.78 is 7.20. The lowest BCUT2D eigenvalue weighted by Crippen LogP contribution is -2.50. The van der Waals surface area contributed by atoms with Crippen LogP contribution in [-0.2, 0) is 24.6 Å². The van der Waals surface area contributed by atoms with Gasteiger partial charge < -0.3 is 9.84 Å². The molecule has 1 aromatic heterocycles. The fourth-order valence-corrected chi connectivity index (χ4v) is 1.70. The fraction of sp³-hybridized carbons (Fsp3) is 0.769. The van der Waals surface area contributed by atoms with Gasteiger partial charge in [0.15, 0.2) is 0 Å². The normalized spacial score (nSPS) is 15.9. The van der Waals surface area contributed by atoms with Crippen LogP contribution in [0.4, 0.5) is 0 Å². The smallest absolute Gasteiger partial charge is 0.0957 e. The van der Waals surface area contributed by atoms with Gasteiger partial charge in [0.25, 0.3) is 0 Å². The fourth-order valence-electron chi connectivity index (χ4n) is 1.70. The molecule has 1 rings (SSSR count). The van der Waals surface area contributed by atoms with E-state index in [0.717, 1.165) is 17.8 Å². The molecule has 1 heterocycles. The zero-order chi connectivity index (χ0) is 13.3. The third kappa shape index (κ3) is 2.87. The Bertz CT molecular complexity index is 381. The maximum absolute atomic E-state index is 10.5. The molecule has 1 aromatic rings. The molecule has 0 amide bonds. The Morgan fingerprint density at radius 3 is 2.41 bits per heavy atom. The van der Waals surface area contributed by atoms with Crippen molar-refractivity contribution in [1.29, 1.82) is 0 Å². The van der Waals surface area contributed by atoms with Crippen molar-refractivity contribution < 1.29 is 9.84 Å². The van der Waals surface area contributed by atoms with Gasteiger partial charge in [-0.05, 0) is 33.3 Å². The van der Waals surface area contributed by atoms with Crippen LogP contribution < -0.4 is 0 Å². The summed E-state index contributed by atoms with van der Waals surface area (Å²) in [5.74, 6) is 0. The molecule has 0 spiro atoms. The molecule has 98 valence electrons. The predicted molar refractivity (Wildman–Crippen MR) is 68.0 cm³/mol. The maximum atomic E-state index is 10.5. The molecule has 0 radical (unpaired) electrons. The number of hydrogen-bond donors (Lipinski definition) is 1. The van der Waals surface area contributed by atoms with Gasteiger partial charge in [-0.2, -0.15) is 5.10 Å². The summed E-state index contributed by atoms with van der Waals surface area (Å²) in [6, 6.07) is 2.04. The highest BCUT2D eigenvalue weighted by Gasteiger charge is 2.40. The van der Waals surface area contributed by atoms with Gasteiger partial charge in [-0.3, -0.25) is 4.68 Å². The Morgan fingerprint density at radius 2 is 2.00 bits per heavy atom. The first-order valence-corrected chi connectivity index (χ1v) is 6.03. The van der Waals surface area contributed by atoms with E-state index in [2.05, 4.69) is 12.0 Å². The van der Waals surface area contributed by atoms with E-state index in [1.54, 1.807) is 14.0 Å². The van der Waals surface area contributed by atoms with E-state index in [1.165, 1.54) is 0 Å². The zero-order valence-corrected chi connectivity index (χ0v) is 11.7. The Balaban J connectivity index is 2.93. The molecular formula is C13H24N2O2. The van der Waals surface area contributed by atoms with Crippen molar-refractivity contribution in [2.75, 3.05) is 7.11 Å². The number of methoxy groups -OCH3 is 1. The summed E-state index contributed by atoms with van der Waals surface area (Å²) in [5.41, 5.74) is 0.551. The van der Waals surface area contributed by atoms with Gasteiger partial charge in [-0.1, -0.05) is 6.92 Å². The van der Waals surface area contributed by atoms with Crippen LogP contribution >= 0.6 is 0 Å². The van der Waals surface area contributed by atoms with Crippen molar-refractivity contribution in [1.82, 2.24) is 9.78 Å². The van der Waals surface area contributed by atoms with Crippen molar-refractivity contribution in [3.8, 4) is 0 Å². The van der Waals surface area contributed by atoms with Gasteiger partial charge in [0, 0.05) is 26.3 Å². The van der Waals surface area contributed by atoms with E-state index >= 15 is 0 Å². The molecule has 1 unspecified atom stereocenters. The summed E-state index contributed by atoms with van der Waals surface area (Å²) in [7, 11) is 3.53. The first-order chi connectivity index (χ1) is 7.73. The van der Waals surface area contributed by atoms with E-state index in [4.69, 9.17) is 4.74 Å². The minimum Gasteiger partial charge on any atom is -0.387 e. The number of nitrogens with zero attached hydrogens (tertiary/aromatic N) is 2. The summed E-state index contributed by atoms with van der Waals surface area (Å²) in [5, 5.41) is 14.9. The van der Waals surface area contributed by atoms with Crippen LogP contribution in [0.3, 0.4) is 0 Å². The van der Waals surface area contributed by atoms with Gasteiger partial charge in [0.1, 0.15) is 0 Å². The lowest BCUT2D eigenvalue weighted by Gasteiger charge is -2.38. The quantitative estimate of drug-likeness (QED) is 0.852. The van der Waals surface area contributed by atoms with Gasteiger partial charge in [0.05, 0.1) is 16.9 Å². The minimum absolute atomic E-state index is 0.525. The van der Waals surface area contributed by atoms with Crippen LogP contribution in [0.25, 0.3) is 0 Å². The summed E-state index contributed by atoms with van der Waals surface area (Å²) in [6.07, 6.45) is 1.43. The molecule has 0 saturated heterocycles. The lowest BCUT2D eigenvalue weighted by atomic mass is 9.83. The van der Waals surface area contributed by atoms with Crippen molar-refractivity contribution in [3.05, 3.63) is 17.5 Å². The summed E-state index contributed by atoms with van der Waals surface area (Å²) in [4.78, 5) is 0. The second-order valence-electron chi connectivity index (χ2n) is 5.27. The van der Waals surface area contributed by atoms with Gasteiger partial charge in [-0.25, -0.2) is 0 Å². The SMILES string of the molecule is CCc1cc(CC(C)(O)C(C)(C)OC)n(C)n1. The van der Waals surface area contributed by atoms with Crippen LogP contribution in [0, 0.1) is 0 Å². The molecule has 0 aliphatic rings. The standard InChI is InChI=1S/C13H24N2O2/c1-7-10-8-11(15(5)14-10)9-13(4,16)12(2,3)17-6/h8,16H,7,9H2,1-6H3. The van der Waals surface area contributed by atoms with E-state index in [9.17, 15) is 5.11 Å². The predicted octanol–water partition coefficient (Wildman–Crippen LogP) is 1.70.